The van der Waals surface area contributed by atoms with Crippen molar-refractivity contribution in [1.29, 1.82) is 0 Å². The van der Waals surface area contributed by atoms with Gasteiger partial charge in [-0.1, -0.05) is 12.1 Å². The van der Waals surface area contributed by atoms with Crippen LogP contribution in [-0.2, 0) is 9.63 Å². The molecule has 1 heterocycles. The third-order valence-electron chi connectivity index (χ3n) is 5.37. The molecule has 1 saturated heterocycles. The van der Waals surface area contributed by atoms with Gasteiger partial charge < -0.3 is 10.2 Å². The van der Waals surface area contributed by atoms with E-state index in [0.29, 0.717) is 5.92 Å². The second-order valence-corrected chi connectivity index (χ2v) is 7.12. The van der Waals surface area contributed by atoms with Crippen LogP contribution in [0.5, 0.6) is 0 Å². The van der Waals surface area contributed by atoms with E-state index >= 15 is 0 Å². The molecule has 148 valence electrons. The molecule has 0 radical (unpaired) electrons. The molecule has 1 amide bonds. The number of hydroxylamine groups is 2. The van der Waals surface area contributed by atoms with E-state index in [-0.39, 0.29) is 5.69 Å². The molecule has 1 aliphatic heterocycles. The second-order valence-electron chi connectivity index (χ2n) is 7.12. The fraction of sp³-hybridized carbons (Fsp3) is 0.550. The van der Waals surface area contributed by atoms with E-state index in [1.54, 1.807) is 13.2 Å². The van der Waals surface area contributed by atoms with E-state index in [1.165, 1.54) is 0 Å². The Morgan fingerprint density at radius 3 is 2.56 bits per heavy atom. The molecule has 0 bridgehead atoms. The van der Waals surface area contributed by atoms with Crippen LogP contribution in [0.15, 0.2) is 24.3 Å². The number of allylic oxidation sites excluding steroid dienone is 2. The van der Waals surface area contributed by atoms with Gasteiger partial charge in [0.05, 0.1) is 7.11 Å². The van der Waals surface area contributed by atoms with E-state index in [4.69, 9.17) is 4.84 Å². The average Bonchev–Trinajstić information content (AvgIpc) is 2.68. The van der Waals surface area contributed by atoms with Gasteiger partial charge in [0.25, 0.3) is 0 Å². The molecule has 1 fully saturated rings. The van der Waals surface area contributed by atoms with Crippen molar-refractivity contribution in [2.24, 2.45) is 0 Å². The number of nitrogens with one attached hydrogen (secondary N) is 1. The van der Waals surface area contributed by atoms with Gasteiger partial charge in [-0.2, -0.15) is 18.2 Å². The number of halogens is 3. The van der Waals surface area contributed by atoms with Gasteiger partial charge in [0.15, 0.2) is 0 Å². The number of hydrogen-bond acceptors (Lipinski definition) is 3. The summed E-state index contributed by atoms with van der Waals surface area (Å²) in [5.74, 6) is -1.59. The first-order valence-electron chi connectivity index (χ1n) is 9.39. The molecular formula is C20H25F3N2O2. The lowest BCUT2D eigenvalue weighted by Crippen LogP contribution is -2.32. The maximum Gasteiger partial charge on any atom is 0.471 e. The predicted molar refractivity (Wildman–Crippen MR) is 98.1 cm³/mol. The van der Waals surface area contributed by atoms with Crippen molar-refractivity contribution >= 4 is 17.2 Å². The van der Waals surface area contributed by atoms with Crippen LogP contribution in [0.25, 0.3) is 5.57 Å². The van der Waals surface area contributed by atoms with Crippen LogP contribution in [0.3, 0.4) is 0 Å². The predicted octanol–water partition coefficient (Wildman–Crippen LogP) is 4.89. The third kappa shape index (κ3) is 4.90. The van der Waals surface area contributed by atoms with E-state index in [1.807, 2.05) is 17.2 Å². The van der Waals surface area contributed by atoms with Crippen molar-refractivity contribution < 1.29 is 22.8 Å². The minimum Gasteiger partial charge on any atom is -0.318 e. The van der Waals surface area contributed by atoms with Gasteiger partial charge in [0, 0.05) is 24.3 Å². The van der Waals surface area contributed by atoms with E-state index < -0.39 is 12.1 Å². The Kier molecular flexibility index (Phi) is 6.22. The zero-order valence-corrected chi connectivity index (χ0v) is 15.4. The molecule has 27 heavy (non-hydrogen) atoms. The Labute approximate surface area is 157 Å². The number of nitrogens with zero attached hydrogens (tertiary/aromatic N) is 1. The summed E-state index contributed by atoms with van der Waals surface area (Å²) in [7, 11) is 1.66. The lowest BCUT2D eigenvalue weighted by molar-refractivity contribution is -0.167. The summed E-state index contributed by atoms with van der Waals surface area (Å²) in [6, 6.07) is 5.43. The average molecular weight is 382 g/mol. The van der Waals surface area contributed by atoms with Gasteiger partial charge in [-0.3, -0.25) is 4.79 Å². The standard InChI is InChI=1S/C20H25F3N2O2/c1-27-25-11-9-14(10-12-25)16-7-8-18(24-19(26)20(21,22)23)17(13-16)15-5-3-2-4-6-15/h5,7-8,13-14H,2-4,6,9-12H2,1H3,(H,24,26). The first-order valence-corrected chi connectivity index (χ1v) is 9.39. The monoisotopic (exact) mass is 382 g/mol. The van der Waals surface area contributed by atoms with Crippen LogP contribution in [0.1, 0.15) is 55.6 Å². The molecule has 1 aliphatic carbocycles. The van der Waals surface area contributed by atoms with Crippen molar-refractivity contribution in [2.75, 3.05) is 25.5 Å². The van der Waals surface area contributed by atoms with Crippen LogP contribution < -0.4 is 5.32 Å². The number of piperidine rings is 1. The summed E-state index contributed by atoms with van der Waals surface area (Å²) in [5.41, 5.74) is 3.09. The highest BCUT2D eigenvalue weighted by Crippen LogP contribution is 2.36. The maximum atomic E-state index is 12.7. The molecule has 0 saturated carbocycles. The first kappa shape index (κ1) is 19.9. The van der Waals surface area contributed by atoms with Crippen LogP contribution in [0.2, 0.25) is 0 Å². The van der Waals surface area contributed by atoms with Gasteiger partial charge in [0.1, 0.15) is 0 Å². The fourth-order valence-corrected chi connectivity index (χ4v) is 3.84. The largest absolute Gasteiger partial charge is 0.471 e. The molecule has 2 aliphatic rings. The van der Waals surface area contributed by atoms with Crippen LogP contribution in [0, 0.1) is 0 Å². The molecule has 1 aromatic rings. The lowest BCUT2D eigenvalue weighted by atomic mass is 9.86. The minimum atomic E-state index is -4.90. The zero-order valence-electron chi connectivity index (χ0n) is 15.4. The summed E-state index contributed by atoms with van der Waals surface area (Å²) < 4.78 is 38.1. The molecule has 1 aromatic carbocycles. The molecule has 0 atom stereocenters. The van der Waals surface area contributed by atoms with Crippen molar-refractivity contribution in [3.63, 3.8) is 0 Å². The highest BCUT2D eigenvalue weighted by molar-refractivity contribution is 5.97. The summed E-state index contributed by atoms with van der Waals surface area (Å²) in [6.45, 7) is 1.65. The summed E-state index contributed by atoms with van der Waals surface area (Å²) in [6.07, 6.45) is 2.88. The molecule has 3 rings (SSSR count). The van der Waals surface area contributed by atoms with Crippen molar-refractivity contribution in [3.8, 4) is 0 Å². The third-order valence-corrected chi connectivity index (χ3v) is 5.37. The molecule has 0 spiro atoms. The molecule has 7 heteroatoms. The van der Waals surface area contributed by atoms with E-state index in [9.17, 15) is 18.0 Å². The summed E-state index contributed by atoms with van der Waals surface area (Å²) >= 11 is 0. The fourth-order valence-electron chi connectivity index (χ4n) is 3.84. The Morgan fingerprint density at radius 2 is 1.96 bits per heavy atom. The van der Waals surface area contributed by atoms with Crippen LogP contribution >= 0.6 is 0 Å². The van der Waals surface area contributed by atoms with E-state index in [0.717, 1.165) is 68.3 Å². The van der Waals surface area contributed by atoms with E-state index in [2.05, 4.69) is 11.4 Å². The molecule has 0 unspecified atom stereocenters. The number of amides is 1. The Hall–Kier alpha value is -1.86. The van der Waals surface area contributed by atoms with Gasteiger partial charge in [-0.15, -0.1) is 0 Å². The zero-order chi connectivity index (χ0) is 19.4. The van der Waals surface area contributed by atoms with Crippen molar-refractivity contribution in [2.45, 2.75) is 50.6 Å². The summed E-state index contributed by atoms with van der Waals surface area (Å²) in [4.78, 5) is 16.7. The van der Waals surface area contributed by atoms with Crippen molar-refractivity contribution in [3.05, 3.63) is 35.4 Å². The number of carbonyl (C=O) groups excluding carboxylic acids is 1. The summed E-state index contributed by atoms with van der Waals surface area (Å²) in [5, 5.41) is 3.98. The number of hydrogen-bond donors (Lipinski definition) is 1. The van der Waals surface area contributed by atoms with Gasteiger partial charge >= 0.3 is 12.1 Å². The smallest absolute Gasteiger partial charge is 0.318 e. The Bertz CT molecular complexity index is 708. The number of rotatable bonds is 4. The minimum absolute atomic E-state index is 0.239. The number of anilines is 1. The normalized spacial score (nSPS) is 19.6. The molecule has 1 N–H and O–H groups in total. The molecule has 4 nitrogen and oxygen atoms in total. The van der Waals surface area contributed by atoms with Gasteiger partial charge in [-0.05, 0) is 67.7 Å². The van der Waals surface area contributed by atoms with Gasteiger partial charge in [0.2, 0.25) is 0 Å². The Balaban J connectivity index is 1.88. The number of benzene rings is 1. The highest BCUT2D eigenvalue weighted by atomic mass is 19.4. The van der Waals surface area contributed by atoms with Crippen molar-refractivity contribution in [1.82, 2.24) is 5.06 Å². The SMILES string of the molecule is CON1CCC(c2ccc(NC(=O)C(F)(F)F)c(C3=CCCCC3)c2)CC1. The highest BCUT2D eigenvalue weighted by Gasteiger charge is 2.39. The molecule has 0 aromatic heterocycles. The first-order chi connectivity index (χ1) is 12.9. The van der Waals surface area contributed by atoms with Crippen LogP contribution in [-0.4, -0.2) is 37.3 Å². The quantitative estimate of drug-likeness (QED) is 0.807. The number of carbonyl (C=O) groups is 1. The van der Waals surface area contributed by atoms with Crippen LogP contribution in [0.4, 0.5) is 18.9 Å². The molecular weight excluding hydrogens is 357 g/mol. The maximum absolute atomic E-state index is 12.7. The lowest BCUT2D eigenvalue weighted by Gasteiger charge is -2.31. The number of alkyl halides is 3. The topological polar surface area (TPSA) is 41.6 Å². The van der Waals surface area contributed by atoms with Gasteiger partial charge in [-0.25, -0.2) is 0 Å². The Morgan fingerprint density at radius 1 is 1.22 bits per heavy atom. The second kappa shape index (κ2) is 8.44.